The number of hydrogen-bond donors (Lipinski definition) is 4. The molecule has 146 valence electrons. The number of fused-ring (bicyclic) bond motifs is 1. The second-order valence-corrected chi connectivity index (χ2v) is 7.53. The first-order valence-electron chi connectivity index (χ1n) is 8.84. The average Bonchev–Trinajstić information content (AvgIpc) is 3.09. The first-order chi connectivity index (χ1) is 13.5. The van der Waals surface area contributed by atoms with Gasteiger partial charge in [-0.15, -0.1) is 0 Å². The van der Waals surface area contributed by atoms with Crippen LogP contribution in [-0.4, -0.2) is 38.9 Å². The highest BCUT2D eigenvalue weighted by Gasteiger charge is 2.23. The first-order valence-corrected chi connectivity index (χ1v) is 9.66. The minimum atomic E-state index is -0.560. The van der Waals surface area contributed by atoms with Gasteiger partial charge in [0.05, 0.1) is 12.1 Å². The van der Waals surface area contributed by atoms with E-state index >= 15 is 0 Å². The summed E-state index contributed by atoms with van der Waals surface area (Å²) in [5, 5.41) is 9.36. The fraction of sp³-hybridized carbons (Fsp3) is 0.353. The molecule has 0 aromatic carbocycles. The van der Waals surface area contributed by atoms with Crippen LogP contribution in [0.2, 0.25) is 0 Å². The highest BCUT2D eigenvalue weighted by atomic mass is 32.1. The minimum Gasteiger partial charge on any atom is -0.384 e. The number of amides is 1. The molecule has 0 saturated carbocycles. The molecule has 1 amide bonds. The fourth-order valence-corrected chi connectivity index (χ4v) is 4.01. The highest BCUT2D eigenvalue weighted by molar-refractivity contribution is 7.22. The van der Waals surface area contributed by atoms with Crippen molar-refractivity contribution >= 4 is 50.0 Å². The van der Waals surface area contributed by atoms with E-state index in [4.69, 9.17) is 5.73 Å². The van der Waals surface area contributed by atoms with E-state index in [1.54, 1.807) is 13.0 Å². The summed E-state index contributed by atoms with van der Waals surface area (Å²) >= 11 is 1.15. The number of anilines is 4. The molecule has 0 radical (unpaired) electrons. The van der Waals surface area contributed by atoms with Gasteiger partial charge in [-0.1, -0.05) is 11.3 Å². The van der Waals surface area contributed by atoms with Gasteiger partial charge in [0.2, 0.25) is 5.91 Å². The van der Waals surface area contributed by atoms with Gasteiger partial charge < -0.3 is 21.7 Å². The smallest absolute Gasteiger partial charge is 0.230 e. The summed E-state index contributed by atoms with van der Waals surface area (Å²) in [5.74, 6) is 0.839. The molecule has 3 aromatic rings. The van der Waals surface area contributed by atoms with Crippen LogP contribution in [0.25, 0.3) is 10.2 Å². The van der Waals surface area contributed by atoms with Crippen LogP contribution >= 0.6 is 11.3 Å². The van der Waals surface area contributed by atoms with Crippen molar-refractivity contribution in [1.29, 1.82) is 0 Å². The van der Waals surface area contributed by atoms with E-state index in [2.05, 4.69) is 35.9 Å². The molecular weight excluding hydrogens is 383 g/mol. The van der Waals surface area contributed by atoms with Gasteiger partial charge in [-0.3, -0.25) is 4.79 Å². The molecule has 11 heteroatoms. The van der Waals surface area contributed by atoms with Crippen LogP contribution in [0.1, 0.15) is 18.7 Å². The average molecular weight is 402 g/mol. The predicted molar refractivity (Wildman–Crippen MR) is 106 cm³/mol. The Bertz CT molecular complexity index is 1010. The largest absolute Gasteiger partial charge is 0.384 e. The van der Waals surface area contributed by atoms with Gasteiger partial charge in [0.15, 0.2) is 16.8 Å². The number of hydrogen-bond acceptors (Lipinski definition) is 9. The summed E-state index contributed by atoms with van der Waals surface area (Å²) < 4.78 is 14.7. The normalized spacial score (nSPS) is 16.9. The molecule has 9 nitrogen and oxygen atoms in total. The van der Waals surface area contributed by atoms with Crippen molar-refractivity contribution in [3.8, 4) is 0 Å². The number of rotatable bonds is 4. The van der Waals surface area contributed by atoms with Crippen molar-refractivity contribution in [2.45, 2.75) is 19.8 Å². The molecule has 1 unspecified atom stereocenters. The summed E-state index contributed by atoms with van der Waals surface area (Å²) in [6.45, 7) is 3.27. The zero-order valence-electron chi connectivity index (χ0n) is 15.1. The van der Waals surface area contributed by atoms with Crippen LogP contribution in [0.5, 0.6) is 0 Å². The third-order valence-corrected chi connectivity index (χ3v) is 5.36. The molecule has 5 N–H and O–H groups in total. The molecule has 0 aliphatic carbocycles. The molecular formula is C17H19FN8OS. The zero-order chi connectivity index (χ0) is 19.7. The van der Waals surface area contributed by atoms with Gasteiger partial charge in [-0.2, -0.15) is 0 Å². The Morgan fingerprint density at radius 1 is 1.39 bits per heavy atom. The molecule has 4 rings (SSSR count). The topological polar surface area (TPSA) is 131 Å². The van der Waals surface area contributed by atoms with Crippen LogP contribution in [0.3, 0.4) is 0 Å². The lowest BCUT2D eigenvalue weighted by molar-refractivity contribution is -0.120. The van der Waals surface area contributed by atoms with Crippen molar-refractivity contribution < 1.29 is 9.18 Å². The van der Waals surface area contributed by atoms with Crippen molar-refractivity contribution in [3.05, 3.63) is 23.9 Å². The Labute approximate surface area is 164 Å². The molecule has 4 heterocycles. The second kappa shape index (κ2) is 7.60. The lowest BCUT2D eigenvalue weighted by atomic mass is 9.99. The first kappa shape index (κ1) is 18.4. The standard InChI is InChI=1S/C17H19FN8OS/c1-8-22-11(19)5-12(23-8)24-15-14-13(10(18)7-21-15)25-17(28-14)26-16(27)9-3-2-4-20-6-9/h5,7,9,20H,2-4,6H2,1H3,(H,25,26,27)(H3,19,21,22,23,24). The van der Waals surface area contributed by atoms with E-state index < -0.39 is 5.82 Å². The Kier molecular flexibility index (Phi) is 5.01. The lowest BCUT2D eigenvalue weighted by Gasteiger charge is -2.21. The Morgan fingerprint density at radius 3 is 3.00 bits per heavy atom. The third-order valence-electron chi connectivity index (χ3n) is 4.38. The highest BCUT2D eigenvalue weighted by Crippen LogP contribution is 2.34. The number of nitrogen functional groups attached to an aromatic ring is 1. The van der Waals surface area contributed by atoms with Gasteiger partial charge in [-0.25, -0.2) is 24.3 Å². The van der Waals surface area contributed by atoms with Crippen LogP contribution in [0.4, 0.5) is 27.0 Å². The Balaban J connectivity index is 1.62. The summed E-state index contributed by atoms with van der Waals surface area (Å²) in [5.41, 5.74) is 5.88. The second-order valence-electron chi connectivity index (χ2n) is 6.53. The molecule has 1 aliphatic heterocycles. The SMILES string of the molecule is Cc1nc(N)cc(Nc2ncc(F)c3nc(NC(=O)C4CCCNC4)sc23)n1. The zero-order valence-corrected chi connectivity index (χ0v) is 15.9. The van der Waals surface area contributed by atoms with E-state index in [9.17, 15) is 9.18 Å². The number of carbonyl (C=O) groups excluding carboxylic acids is 1. The van der Waals surface area contributed by atoms with Crippen molar-refractivity contribution in [1.82, 2.24) is 25.3 Å². The third kappa shape index (κ3) is 3.85. The van der Waals surface area contributed by atoms with Crippen LogP contribution in [0, 0.1) is 18.7 Å². The number of pyridine rings is 1. The number of nitrogens with one attached hydrogen (secondary N) is 3. The van der Waals surface area contributed by atoms with Crippen molar-refractivity contribution in [3.63, 3.8) is 0 Å². The number of piperidine rings is 1. The van der Waals surface area contributed by atoms with E-state index in [0.29, 0.717) is 39.7 Å². The molecule has 1 saturated heterocycles. The minimum absolute atomic E-state index is 0.117. The quantitative estimate of drug-likeness (QED) is 0.522. The summed E-state index contributed by atoms with van der Waals surface area (Å²) in [7, 11) is 0. The van der Waals surface area contributed by atoms with Gasteiger partial charge in [0.1, 0.15) is 27.7 Å². The van der Waals surface area contributed by atoms with E-state index in [-0.39, 0.29) is 17.3 Å². The number of carbonyl (C=O) groups is 1. The van der Waals surface area contributed by atoms with E-state index in [0.717, 1.165) is 36.9 Å². The van der Waals surface area contributed by atoms with Crippen molar-refractivity contribution in [2.24, 2.45) is 5.92 Å². The monoisotopic (exact) mass is 402 g/mol. The molecule has 1 atom stereocenters. The van der Waals surface area contributed by atoms with Crippen LogP contribution < -0.4 is 21.7 Å². The lowest BCUT2D eigenvalue weighted by Crippen LogP contribution is -2.37. The number of nitrogens with zero attached hydrogens (tertiary/aromatic N) is 4. The fourth-order valence-electron chi connectivity index (χ4n) is 3.09. The maximum atomic E-state index is 14.2. The maximum absolute atomic E-state index is 14.2. The summed E-state index contributed by atoms with van der Waals surface area (Å²) in [6.07, 6.45) is 2.85. The number of nitrogens with two attached hydrogens (primary N) is 1. The molecule has 1 aliphatic rings. The predicted octanol–water partition coefficient (Wildman–Crippen LogP) is 2.19. The van der Waals surface area contributed by atoms with Gasteiger partial charge >= 0.3 is 0 Å². The molecule has 0 spiro atoms. The van der Waals surface area contributed by atoms with Gasteiger partial charge in [-0.05, 0) is 26.3 Å². The van der Waals surface area contributed by atoms with Gasteiger partial charge in [0.25, 0.3) is 0 Å². The van der Waals surface area contributed by atoms with E-state index in [1.165, 1.54) is 0 Å². The van der Waals surface area contributed by atoms with Crippen LogP contribution in [0.15, 0.2) is 12.3 Å². The number of thiazole rings is 1. The van der Waals surface area contributed by atoms with Gasteiger partial charge in [0, 0.05) is 12.6 Å². The summed E-state index contributed by atoms with van der Waals surface area (Å²) in [6, 6.07) is 1.56. The number of aryl methyl sites for hydroxylation is 1. The maximum Gasteiger partial charge on any atom is 0.230 e. The Hall–Kier alpha value is -2.92. The molecule has 1 fully saturated rings. The van der Waals surface area contributed by atoms with E-state index in [1.807, 2.05) is 0 Å². The number of halogens is 1. The Morgan fingerprint density at radius 2 is 2.25 bits per heavy atom. The van der Waals surface area contributed by atoms with Crippen molar-refractivity contribution in [2.75, 3.05) is 29.5 Å². The molecule has 0 bridgehead atoms. The summed E-state index contributed by atoms with van der Waals surface area (Å²) in [4.78, 5) is 29.0. The molecule has 28 heavy (non-hydrogen) atoms. The molecule has 3 aromatic heterocycles. The number of aromatic nitrogens is 4. The van der Waals surface area contributed by atoms with Crippen LogP contribution in [-0.2, 0) is 4.79 Å².